The van der Waals surface area contributed by atoms with Crippen LogP contribution in [0.1, 0.15) is 43.5 Å². The number of benzene rings is 1. The summed E-state index contributed by atoms with van der Waals surface area (Å²) in [5, 5.41) is 12.5. The number of nitrogens with zero attached hydrogens (tertiary/aromatic N) is 2. The second kappa shape index (κ2) is 8.10. The molecular weight excluding hydrogens is 326 g/mol. The third-order valence-electron chi connectivity index (χ3n) is 3.57. The number of ether oxygens (including phenoxy) is 2. The largest absolute Gasteiger partial charge is 0.494 e. The van der Waals surface area contributed by atoms with Crippen molar-refractivity contribution in [3.05, 3.63) is 29.3 Å². The fourth-order valence-corrected chi connectivity index (χ4v) is 3.11. The first-order chi connectivity index (χ1) is 11.7. The van der Waals surface area contributed by atoms with Crippen molar-refractivity contribution in [2.24, 2.45) is 0 Å². The fourth-order valence-electron chi connectivity index (χ4n) is 2.18. The van der Waals surface area contributed by atoms with Crippen molar-refractivity contribution in [2.75, 3.05) is 18.5 Å². The van der Waals surface area contributed by atoms with Crippen LogP contribution in [0.3, 0.4) is 0 Å². The van der Waals surface area contributed by atoms with E-state index < -0.39 is 0 Å². The van der Waals surface area contributed by atoms with Crippen molar-refractivity contribution in [3.63, 3.8) is 0 Å². The minimum atomic E-state index is -0.0520. The van der Waals surface area contributed by atoms with Gasteiger partial charge in [-0.2, -0.15) is 0 Å². The Kier molecular flexibility index (Phi) is 5.63. The van der Waals surface area contributed by atoms with E-state index in [1.165, 1.54) is 24.2 Å². The average Bonchev–Trinajstić information content (AvgIpc) is 3.33. The van der Waals surface area contributed by atoms with Crippen LogP contribution in [0.5, 0.6) is 11.5 Å². The molecule has 0 radical (unpaired) electrons. The molecule has 2 aromatic rings. The van der Waals surface area contributed by atoms with E-state index in [0.717, 1.165) is 16.5 Å². The minimum absolute atomic E-state index is 0.0520. The number of carbonyl (C=O) groups excluding carboxylic acids is 1. The predicted octanol–water partition coefficient (Wildman–Crippen LogP) is 3.61. The zero-order valence-corrected chi connectivity index (χ0v) is 14.5. The van der Waals surface area contributed by atoms with Crippen LogP contribution in [0.15, 0.2) is 24.3 Å². The molecule has 1 aliphatic carbocycles. The summed E-state index contributed by atoms with van der Waals surface area (Å²) >= 11 is 1.48. The molecule has 1 saturated carbocycles. The Labute approximate surface area is 145 Å². The number of aromatic nitrogens is 2. The van der Waals surface area contributed by atoms with Crippen molar-refractivity contribution >= 4 is 22.4 Å². The van der Waals surface area contributed by atoms with Crippen molar-refractivity contribution < 1.29 is 14.3 Å². The van der Waals surface area contributed by atoms with Gasteiger partial charge in [0.05, 0.1) is 13.2 Å². The number of anilines is 1. The van der Waals surface area contributed by atoms with Crippen LogP contribution < -0.4 is 14.8 Å². The van der Waals surface area contributed by atoms with Crippen molar-refractivity contribution in [2.45, 2.75) is 38.5 Å². The lowest BCUT2D eigenvalue weighted by molar-refractivity contribution is -0.116. The topological polar surface area (TPSA) is 73.3 Å². The van der Waals surface area contributed by atoms with Crippen LogP contribution in [0.4, 0.5) is 5.13 Å². The molecule has 0 spiro atoms. The summed E-state index contributed by atoms with van der Waals surface area (Å²) in [5.41, 5.74) is 0. The predicted molar refractivity (Wildman–Crippen MR) is 92.9 cm³/mol. The van der Waals surface area contributed by atoms with Gasteiger partial charge in [-0.3, -0.25) is 4.79 Å². The highest BCUT2D eigenvalue weighted by atomic mass is 32.1. The first kappa shape index (κ1) is 16.7. The number of carbonyl (C=O) groups is 1. The van der Waals surface area contributed by atoms with Crippen molar-refractivity contribution in [1.29, 1.82) is 0 Å². The monoisotopic (exact) mass is 347 g/mol. The molecule has 1 fully saturated rings. The van der Waals surface area contributed by atoms with Crippen LogP contribution in [-0.4, -0.2) is 29.3 Å². The van der Waals surface area contributed by atoms with Gasteiger partial charge in [-0.15, -0.1) is 10.2 Å². The van der Waals surface area contributed by atoms with Gasteiger partial charge in [0.1, 0.15) is 16.5 Å². The first-order valence-corrected chi connectivity index (χ1v) is 9.05. The van der Waals surface area contributed by atoms with E-state index >= 15 is 0 Å². The molecule has 0 unspecified atom stereocenters. The first-order valence-electron chi connectivity index (χ1n) is 8.23. The molecule has 1 amide bonds. The van der Waals surface area contributed by atoms with Crippen LogP contribution in [0.25, 0.3) is 0 Å². The molecule has 1 aliphatic rings. The number of hydrogen-bond acceptors (Lipinski definition) is 6. The maximum Gasteiger partial charge on any atom is 0.226 e. The van der Waals surface area contributed by atoms with Crippen LogP contribution in [0, 0.1) is 0 Å². The van der Waals surface area contributed by atoms with Gasteiger partial charge in [-0.1, -0.05) is 11.3 Å². The van der Waals surface area contributed by atoms with Gasteiger partial charge in [0, 0.05) is 12.3 Å². The standard InChI is InChI=1S/C17H21N3O3S/c1-2-22-13-7-9-14(10-8-13)23-11-3-4-15(21)18-17-20-19-16(24-17)12-5-6-12/h7-10,12H,2-6,11H2,1H3,(H,18,20,21). The van der Waals surface area contributed by atoms with Crippen molar-refractivity contribution in [3.8, 4) is 11.5 Å². The van der Waals surface area contributed by atoms with E-state index in [2.05, 4.69) is 15.5 Å². The molecule has 24 heavy (non-hydrogen) atoms. The van der Waals surface area contributed by atoms with Gasteiger partial charge in [0.15, 0.2) is 0 Å². The lowest BCUT2D eigenvalue weighted by Crippen LogP contribution is -2.12. The second-order valence-electron chi connectivity index (χ2n) is 5.62. The summed E-state index contributed by atoms with van der Waals surface area (Å²) in [6, 6.07) is 7.48. The Balaban J connectivity index is 1.34. The summed E-state index contributed by atoms with van der Waals surface area (Å²) in [6.45, 7) is 3.08. The lowest BCUT2D eigenvalue weighted by Gasteiger charge is -2.07. The van der Waals surface area contributed by atoms with Gasteiger partial charge in [0.2, 0.25) is 11.0 Å². The minimum Gasteiger partial charge on any atom is -0.494 e. The Bertz CT molecular complexity index is 668. The summed E-state index contributed by atoms with van der Waals surface area (Å²) in [4.78, 5) is 11.9. The Morgan fingerprint density at radius 1 is 1.21 bits per heavy atom. The van der Waals surface area contributed by atoms with Crippen LogP contribution >= 0.6 is 11.3 Å². The number of nitrogens with one attached hydrogen (secondary N) is 1. The molecule has 0 saturated heterocycles. The zero-order chi connectivity index (χ0) is 16.8. The highest BCUT2D eigenvalue weighted by Crippen LogP contribution is 2.42. The molecule has 0 atom stereocenters. The van der Waals surface area contributed by atoms with E-state index in [-0.39, 0.29) is 5.91 Å². The van der Waals surface area contributed by atoms with Gasteiger partial charge >= 0.3 is 0 Å². The summed E-state index contributed by atoms with van der Waals surface area (Å²) in [7, 11) is 0. The Morgan fingerprint density at radius 3 is 2.58 bits per heavy atom. The quantitative estimate of drug-likeness (QED) is 0.702. The molecule has 3 rings (SSSR count). The summed E-state index contributed by atoms with van der Waals surface area (Å²) < 4.78 is 11.0. The molecule has 1 aromatic carbocycles. The molecule has 1 aromatic heterocycles. The maximum atomic E-state index is 11.9. The highest BCUT2D eigenvalue weighted by molar-refractivity contribution is 7.15. The average molecular weight is 347 g/mol. The van der Waals surface area contributed by atoms with Gasteiger partial charge in [-0.25, -0.2) is 0 Å². The van der Waals surface area contributed by atoms with E-state index in [1.54, 1.807) is 0 Å². The normalized spacial score (nSPS) is 13.5. The second-order valence-corrected chi connectivity index (χ2v) is 6.63. The Hall–Kier alpha value is -2.15. The summed E-state index contributed by atoms with van der Waals surface area (Å²) in [6.07, 6.45) is 3.42. The SMILES string of the molecule is CCOc1ccc(OCCCC(=O)Nc2nnc(C3CC3)s2)cc1. The molecule has 128 valence electrons. The van der Waals surface area contributed by atoms with Crippen LogP contribution in [-0.2, 0) is 4.79 Å². The Morgan fingerprint density at radius 2 is 1.92 bits per heavy atom. The highest BCUT2D eigenvalue weighted by Gasteiger charge is 2.27. The zero-order valence-electron chi connectivity index (χ0n) is 13.7. The number of rotatable bonds is 9. The van der Waals surface area contributed by atoms with Crippen molar-refractivity contribution in [1.82, 2.24) is 10.2 Å². The maximum absolute atomic E-state index is 11.9. The molecule has 1 heterocycles. The molecular formula is C17H21N3O3S. The van der Waals surface area contributed by atoms with E-state index in [1.807, 2.05) is 31.2 Å². The van der Waals surface area contributed by atoms with Gasteiger partial charge in [-0.05, 0) is 50.5 Å². The van der Waals surface area contributed by atoms with Gasteiger partial charge < -0.3 is 14.8 Å². The third kappa shape index (κ3) is 4.92. The van der Waals surface area contributed by atoms with Crippen LogP contribution in [0.2, 0.25) is 0 Å². The molecule has 0 bridgehead atoms. The molecule has 7 heteroatoms. The smallest absolute Gasteiger partial charge is 0.226 e. The van der Waals surface area contributed by atoms with E-state index in [0.29, 0.717) is 37.1 Å². The molecule has 1 N–H and O–H groups in total. The lowest BCUT2D eigenvalue weighted by atomic mass is 10.3. The number of amides is 1. The van der Waals surface area contributed by atoms with E-state index in [9.17, 15) is 4.79 Å². The molecule has 6 nitrogen and oxygen atoms in total. The summed E-state index contributed by atoms with van der Waals surface area (Å²) in [5.74, 6) is 2.11. The third-order valence-corrected chi connectivity index (χ3v) is 4.57. The number of hydrogen-bond donors (Lipinski definition) is 1. The molecule has 0 aliphatic heterocycles. The van der Waals surface area contributed by atoms with E-state index in [4.69, 9.17) is 9.47 Å². The fraction of sp³-hybridized carbons (Fsp3) is 0.471. The van der Waals surface area contributed by atoms with Gasteiger partial charge in [0.25, 0.3) is 0 Å².